The van der Waals surface area contributed by atoms with Gasteiger partial charge in [-0.1, -0.05) is 30.3 Å². The fourth-order valence-electron chi connectivity index (χ4n) is 3.84. The molecule has 0 saturated carbocycles. The number of esters is 1. The van der Waals surface area contributed by atoms with Crippen molar-refractivity contribution < 1.29 is 27.5 Å². The van der Waals surface area contributed by atoms with Gasteiger partial charge >= 0.3 is 12.1 Å². The van der Waals surface area contributed by atoms with Gasteiger partial charge in [0.05, 0.1) is 43.9 Å². The quantitative estimate of drug-likeness (QED) is 0.363. The maximum atomic E-state index is 13.0. The van der Waals surface area contributed by atoms with Crippen LogP contribution in [0.3, 0.4) is 0 Å². The number of nitrogens with zero attached hydrogens (tertiary/aromatic N) is 4. The Balaban J connectivity index is 1.41. The summed E-state index contributed by atoms with van der Waals surface area (Å²) < 4.78 is 46.4. The van der Waals surface area contributed by atoms with Crippen molar-refractivity contribution in [1.29, 1.82) is 0 Å². The Labute approximate surface area is 208 Å². The van der Waals surface area contributed by atoms with E-state index in [9.17, 15) is 27.6 Å². The molecule has 2 aromatic carbocycles. The summed E-state index contributed by atoms with van der Waals surface area (Å²) in [6.45, 7) is 0.322. The molecule has 9 nitrogen and oxygen atoms in total. The second-order valence-electron chi connectivity index (χ2n) is 8.16. The lowest BCUT2D eigenvalue weighted by molar-refractivity contribution is -0.137. The van der Waals surface area contributed by atoms with Crippen LogP contribution in [0, 0.1) is 0 Å². The number of hydrogen-bond acceptors (Lipinski definition) is 6. The Morgan fingerprint density at radius 3 is 2.65 bits per heavy atom. The minimum Gasteiger partial charge on any atom is -0.465 e. The van der Waals surface area contributed by atoms with Gasteiger partial charge in [-0.25, -0.2) is 14.5 Å². The van der Waals surface area contributed by atoms with Gasteiger partial charge in [0.25, 0.3) is 5.56 Å². The Morgan fingerprint density at radius 1 is 1.11 bits per heavy atom. The summed E-state index contributed by atoms with van der Waals surface area (Å²) in [4.78, 5) is 41.4. The molecular weight excluding hydrogens is 491 g/mol. The predicted octanol–water partition coefficient (Wildman–Crippen LogP) is 2.81. The normalized spacial score (nSPS) is 11.5. The largest absolute Gasteiger partial charge is 0.465 e. The van der Waals surface area contributed by atoms with Crippen molar-refractivity contribution >= 4 is 22.9 Å². The van der Waals surface area contributed by atoms with Gasteiger partial charge in [0, 0.05) is 6.54 Å². The summed E-state index contributed by atoms with van der Waals surface area (Å²) in [5.74, 6) is -0.847. The lowest BCUT2D eigenvalue weighted by Gasteiger charge is -2.10. The Kier molecular flexibility index (Phi) is 7.37. The number of rotatable bonds is 8. The maximum absolute atomic E-state index is 13.0. The van der Waals surface area contributed by atoms with Crippen LogP contribution in [0.4, 0.5) is 13.2 Å². The first-order chi connectivity index (χ1) is 17.7. The number of amides is 1. The number of nitrogens with one attached hydrogen (secondary N) is 1. The highest BCUT2D eigenvalue weighted by Crippen LogP contribution is 2.29. The molecule has 0 bridgehead atoms. The zero-order valence-electron chi connectivity index (χ0n) is 19.7. The van der Waals surface area contributed by atoms with E-state index >= 15 is 0 Å². The van der Waals surface area contributed by atoms with E-state index < -0.39 is 23.3 Å². The molecule has 2 heterocycles. The summed E-state index contributed by atoms with van der Waals surface area (Å²) in [7, 11) is 1.27. The van der Waals surface area contributed by atoms with Crippen LogP contribution in [0.1, 0.15) is 27.0 Å². The third-order valence-corrected chi connectivity index (χ3v) is 5.65. The molecule has 4 rings (SSSR count). The molecular formula is C25H22F3N5O4. The summed E-state index contributed by atoms with van der Waals surface area (Å²) in [5, 5.41) is 7.10. The van der Waals surface area contributed by atoms with E-state index in [2.05, 4.69) is 15.4 Å². The van der Waals surface area contributed by atoms with Crippen molar-refractivity contribution in [3.63, 3.8) is 0 Å². The number of aromatic nitrogens is 4. The Hall–Kier alpha value is -4.48. The summed E-state index contributed by atoms with van der Waals surface area (Å²) >= 11 is 0. The predicted molar refractivity (Wildman–Crippen MR) is 127 cm³/mol. The van der Waals surface area contributed by atoms with Crippen molar-refractivity contribution in [2.24, 2.45) is 0 Å². The number of methoxy groups -OCH3 is 1. The number of halogens is 3. The van der Waals surface area contributed by atoms with Crippen molar-refractivity contribution in [3.8, 4) is 0 Å². The van der Waals surface area contributed by atoms with Crippen molar-refractivity contribution in [3.05, 3.63) is 93.7 Å². The van der Waals surface area contributed by atoms with Crippen LogP contribution in [0.15, 0.2) is 65.8 Å². The topological polar surface area (TPSA) is 108 Å². The van der Waals surface area contributed by atoms with E-state index in [0.29, 0.717) is 16.7 Å². The monoisotopic (exact) mass is 513 g/mol. The zero-order chi connectivity index (χ0) is 26.6. The van der Waals surface area contributed by atoms with Crippen LogP contribution < -0.4 is 10.9 Å². The van der Waals surface area contributed by atoms with Crippen LogP contribution in [0.2, 0.25) is 0 Å². The lowest BCUT2D eigenvalue weighted by atomic mass is 10.0. The molecule has 0 unspecified atom stereocenters. The highest BCUT2D eigenvalue weighted by molar-refractivity contribution is 5.93. The second kappa shape index (κ2) is 10.6. The van der Waals surface area contributed by atoms with Crippen molar-refractivity contribution in [1.82, 2.24) is 24.6 Å². The third-order valence-electron chi connectivity index (χ3n) is 5.65. The van der Waals surface area contributed by atoms with E-state index in [1.807, 2.05) is 0 Å². The summed E-state index contributed by atoms with van der Waals surface area (Å²) in [5.41, 5.74) is 0.189. The fraction of sp³-hybridized carbons (Fsp3) is 0.240. The molecule has 37 heavy (non-hydrogen) atoms. The maximum Gasteiger partial charge on any atom is 0.416 e. The van der Waals surface area contributed by atoms with Gasteiger partial charge in [0.2, 0.25) is 5.91 Å². The van der Waals surface area contributed by atoms with Crippen LogP contribution in [0.5, 0.6) is 0 Å². The number of fused-ring (bicyclic) bond motifs is 1. The lowest BCUT2D eigenvalue weighted by Crippen LogP contribution is -2.29. The summed E-state index contributed by atoms with van der Waals surface area (Å²) in [6, 6.07) is 11.4. The molecule has 12 heteroatoms. The zero-order valence-corrected chi connectivity index (χ0v) is 19.7. The summed E-state index contributed by atoms with van der Waals surface area (Å²) in [6.07, 6.45) is -1.92. The van der Waals surface area contributed by atoms with Gasteiger partial charge in [-0.3, -0.25) is 14.2 Å². The Bertz CT molecular complexity index is 1510. The number of benzene rings is 2. The standard InChI is InChI=1S/C25H22F3N5O4/c1-37-24(36)19-8-3-2-6-17(19)12-21(34)29-9-10-33-22-20(13-31-33)23(35)32(15-30-22)14-16-5-4-7-18(11-16)25(26,27)28/h2-8,11,13,15H,9-10,12,14H2,1H3,(H,29,34). The van der Waals surface area contributed by atoms with Gasteiger partial charge < -0.3 is 10.1 Å². The number of alkyl halides is 3. The molecule has 192 valence electrons. The van der Waals surface area contributed by atoms with Crippen molar-refractivity contribution in [2.45, 2.75) is 25.7 Å². The van der Waals surface area contributed by atoms with E-state index in [1.54, 1.807) is 24.3 Å². The smallest absolute Gasteiger partial charge is 0.416 e. The van der Waals surface area contributed by atoms with Gasteiger partial charge in [0.1, 0.15) is 11.7 Å². The second-order valence-corrected chi connectivity index (χ2v) is 8.16. The fourth-order valence-corrected chi connectivity index (χ4v) is 3.84. The van der Waals surface area contributed by atoms with Crippen molar-refractivity contribution in [2.75, 3.05) is 13.7 Å². The van der Waals surface area contributed by atoms with Gasteiger partial charge in [-0.05, 0) is 29.3 Å². The van der Waals surface area contributed by atoms with E-state index in [4.69, 9.17) is 4.74 Å². The van der Waals surface area contributed by atoms with Crippen LogP contribution >= 0.6 is 0 Å². The molecule has 1 N–H and O–H groups in total. The van der Waals surface area contributed by atoms with Gasteiger partial charge in [-0.2, -0.15) is 18.3 Å². The highest BCUT2D eigenvalue weighted by atomic mass is 19.4. The number of ether oxygens (including phenoxy) is 1. The third kappa shape index (κ3) is 5.85. The number of carbonyl (C=O) groups is 2. The number of hydrogen-bond donors (Lipinski definition) is 1. The number of carbonyl (C=O) groups excluding carboxylic acids is 2. The molecule has 0 aliphatic heterocycles. The van der Waals surface area contributed by atoms with Crippen LogP contribution in [-0.4, -0.2) is 44.9 Å². The molecule has 0 aliphatic rings. The van der Waals surface area contributed by atoms with E-state index in [-0.39, 0.29) is 43.0 Å². The highest BCUT2D eigenvalue weighted by Gasteiger charge is 2.30. The molecule has 0 fully saturated rings. The Morgan fingerprint density at radius 2 is 1.89 bits per heavy atom. The first kappa shape index (κ1) is 25.6. The van der Waals surface area contributed by atoms with E-state index in [1.165, 1.54) is 41.0 Å². The molecule has 0 spiro atoms. The first-order valence-electron chi connectivity index (χ1n) is 11.2. The minimum atomic E-state index is -4.48. The molecule has 4 aromatic rings. The average molecular weight is 513 g/mol. The van der Waals surface area contributed by atoms with Crippen LogP contribution in [-0.2, 0) is 35.2 Å². The average Bonchev–Trinajstić information content (AvgIpc) is 3.29. The van der Waals surface area contributed by atoms with Gasteiger partial charge in [-0.15, -0.1) is 0 Å². The molecule has 1 amide bonds. The molecule has 0 aliphatic carbocycles. The molecule has 2 aromatic heterocycles. The first-order valence-corrected chi connectivity index (χ1v) is 11.2. The van der Waals surface area contributed by atoms with E-state index in [0.717, 1.165) is 12.1 Å². The molecule has 0 radical (unpaired) electrons. The molecule has 0 atom stereocenters. The molecule has 0 saturated heterocycles. The SMILES string of the molecule is COC(=O)c1ccccc1CC(=O)NCCn1ncc2c(=O)n(Cc3cccc(C(F)(F)F)c3)cnc21. The van der Waals surface area contributed by atoms with Crippen LogP contribution in [0.25, 0.3) is 11.0 Å². The minimum absolute atomic E-state index is 0.0242. The van der Waals surface area contributed by atoms with Gasteiger partial charge in [0.15, 0.2) is 5.65 Å².